The van der Waals surface area contributed by atoms with Gasteiger partial charge in [0.2, 0.25) is 5.82 Å². The van der Waals surface area contributed by atoms with Crippen LogP contribution in [0.3, 0.4) is 0 Å². The van der Waals surface area contributed by atoms with Crippen LogP contribution in [0.15, 0.2) is 23.0 Å². The molecule has 0 radical (unpaired) electrons. The molecule has 5 N–H and O–H groups in total. The molecule has 1 heterocycles. The van der Waals surface area contributed by atoms with Crippen LogP contribution in [0.25, 0.3) is 11.1 Å². The quantitative estimate of drug-likeness (QED) is 0.472. The summed E-state index contributed by atoms with van der Waals surface area (Å²) in [6, 6.07) is 2.19. The van der Waals surface area contributed by atoms with E-state index < -0.39 is 56.4 Å². The lowest BCUT2D eigenvalue weighted by atomic mass is 9.95. The van der Waals surface area contributed by atoms with E-state index >= 15 is 0 Å². The highest BCUT2D eigenvalue weighted by Crippen LogP contribution is 2.32. The third-order valence-electron chi connectivity index (χ3n) is 3.10. The molecule has 24 heavy (non-hydrogen) atoms. The number of hydrogen-bond donors (Lipinski definition) is 4. The van der Waals surface area contributed by atoms with Crippen molar-refractivity contribution in [2.45, 2.75) is 0 Å². The molecule has 11 heteroatoms. The first kappa shape index (κ1) is 16.6. The number of nitrogens with two attached hydrogens (primary N) is 1. The number of H-pyrrole nitrogens is 1. The molecular weight excluding hydrogens is 329 g/mol. The van der Waals surface area contributed by atoms with Crippen LogP contribution in [-0.2, 0) is 0 Å². The number of aromatic carboxylic acids is 2. The predicted octanol–water partition coefficient (Wildman–Crippen LogP) is 1.07. The molecule has 10 nitrogen and oxygen atoms in total. The number of nitrogen functional groups attached to an aromatic ring is 1. The maximum atomic E-state index is 13.4. The second kappa shape index (κ2) is 5.79. The van der Waals surface area contributed by atoms with Crippen LogP contribution in [0.5, 0.6) is 0 Å². The Morgan fingerprint density at radius 2 is 1.79 bits per heavy atom. The predicted molar refractivity (Wildman–Crippen MR) is 77.4 cm³/mol. The Bertz CT molecular complexity index is 951. The van der Waals surface area contributed by atoms with E-state index in [0.29, 0.717) is 12.1 Å². The lowest BCUT2D eigenvalue weighted by molar-refractivity contribution is -0.387. The smallest absolute Gasteiger partial charge is 0.342 e. The Morgan fingerprint density at radius 3 is 2.29 bits per heavy atom. The molecule has 0 aliphatic rings. The summed E-state index contributed by atoms with van der Waals surface area (Å²) in [4.78, 5) is 46.2. The van der Waals surface area contributed by atoms with E-state index in [2.05, 4.69) is 0 Å². The zero-order valence-corrected chi connectivity index (χ0v) is 11.6. The molecule has 1 aromatic carbocycles. The first-order valence-corrected chi connectivity index (χ1v) is 6.11. The van der Waals surface area contributed by atoms with Crippen LogP contribution in [0.4, 0.5) is 15.9 Å². The Kier molecular flexibility index (Phi) is 4.01. The number of nitro groups is 1. The van der Waals surface area contributed by atoms with E-state index in [1.165, 1.54) is 0 Å². The molecule has 1 aromatic heterocycles. The monoisotopic (exact) mass is 337 g/mol. The molecule has 0 saturated carbocycles. The van der Waals surface area contributed by atoms with Gasteiger partial charge in [0.05, 0.1) is 4.92 Å². The number of nitrogens with one attached hydrogen (secondary N) is 1. The number of benzene rings is 1. The molecule has 0 unspecified atom stereocenters. The van der Waals surface area contributed by atoms with Gasteiger partial charge in [0.1, 0.15) is 16.9 Å². The zero-order chi connectivity index (χ0) is 18.2. The number of aromatic amines is 1. The number of halogens is 1. The molecule has 2 aromatic rings. The minimum atomic E-state index is -1.78. The van der Waals surface area contributed by atoms with Crippen molar-refractivity contribution in [3.05, 3.63) is 55.6 Å². The van der Waals surface area contributed by atoms with E-state index in [9.17, 15) is 39.1 Å². The fraction of sp³-hybridized carbons (Fsp3) is 0. The maximum absolute atomic E-state index is 13.4. The van der Waals surface area contributed by atoms with Gasteiger partial charge < -0.3 is 20.9 Å². The Hall–Kier alpha value is -3.76. The summed E-state index contributed by atoms with van der Waals surface area (Å²) < 4.78 is 13.4. The number of nitro benzene ring substituents is 1. The van der Waals surface area contributed by atoms with Gasteiger partial charge in [-0.15, -0.1) is 0 Å². The second-order valence-corrected chi connectivity index (χ2v) is 4.53. The van der Waals surface area contributed by atoms with Gasteiger partial charge in [-0.05, 0) is 11.6 Å². The van der Waals surface area contributed by atoms with Crippen LogP contribution < -0.4 is 11.3 Å². The highest BCUT2D eigenvalue weighted by atomic mass is 19.1. The van der Waals surface area contributed by atoms with Crippen LogP contribution >= 0.6 is 0 Å². The van der Waals surface area contributed by atoms with Gasteiger partial charge in [-0.3, -0.25) is 14.9 Å². The lowest BCUT2D eigenvalue weighted by Gasteiger charge is -2.12. The zero-order valence-electron chi connectivity index (χ0n) is 11.6. The molecule has 0 bridgehead atoms. The SMILES string of the molecule is Nc1[nH]c(=O)c(C(=O)O)c(-c2ccc(F)c([N+](=O)[O-])c2)c1C(=O)O. The number of aromatic nitrogens is 1. The average Bonchev–Trinajstić information content (AvgIpc) is 2.45. The van der Waals surface area contributed by atoms with Gasteiger partial charge in [0.25, 0.3) is 5.56 Å². The van der Waals surface area contributed by atoms with Gasteiger partial charge in [0, 0.05) is 11.6 Å². The molecular formula is C13H8FN3O7. The fourth-order valence-corrected chi connectivity index (χ4v) is 2.14. The van der Waals surface area contributed by atoms with Crippen molar-refractivity contribution in [1.29, 1.82) is 0 Å². The van der Waals surface area contributed by atoms with Crippen molar-refractivity contribution in [3.8, 4) is 11.1 Å². The molecule has 0 fully saturated rings. The second-order valence-electron chi connectivity index (χ2n) is 4.53. The third-order valence-corrected chi connectivity index (χ3v) is 3.10. The van der Waals surface area contributed by atoms with E-state index in [0.717, 1.165) is 6.07 Å². The first-order chi connectivity index (χ1) is 11.1. The normalized spacial score (nSPS) is 10.4. The van der Waals surface area contributed by atoms with Crippen LogP contribution in [-0.4, -0.2) is 32.1 Å². The van der Waals surface area contributed by atoms with E-state index in [-0.39, 0.29) is 5.56 Å². The van der Waals surface area contributed by atoms with E-state index in [1.54, 1.807) is 0 Å². The number of nitrogens with zero attached hydrogens (tertiary/aromatic N) is 1. The largest absolute Gasteiger partial charge is 0.478 e. The molecule has 0 aliphatic heterocycles. The number of carboxylic acid groups (broad SMARTS) is 2. The maximum Gasteiger partial charge on any atom is 0.342 e. The van der Waals surface area contributed by atoms with Gasteiger partial charge in [-0.25, -0.2) is 9.59 Å². The molecule has 0 aliphatic carbocycles. The Labute approximate surface area is 131 Å². The lowest BCUT2D eigenvalue weighted by Crippen LogP contribution is -2.24. The Balaban J connectivity index is 2.99. The summed E-state index contributed by atoms with van der Waals surface area (Å²) in [5, 5.41) is 29.2. The van der Waals surface area contributed by atoms with Gasteiger partial charge in [0.15, 0.2) is 0 Å². The number of hydrogen-bond acceptors (Lipinski definition) is 6. The minimum absolute atomic E-state index is 0.351. The molecule has 2 rings (SSSR count). The molecule has 124 valence electrons. The van der Waals surface area contributed by atoms with Gasteiger partial charge in [-0.1, -0.05) is 6.07 Å². The Morgan fingerprint density at radius 1 is 1.21 bits per heavy atom. The molecule has 0 spiro atoms. The van der Waals surface area contributed by atoms with E-state index in [4.69, 9.17) is 5.73 Å². The summed E-state index contributed by atoms with van der Waals surface area (Å²) in [6.45, 7) is 0. The van der Waals surface area contributed by atoms with E-state index in [1.807, 2.05) is 4.98 Å². The van der Waals surface area contributed by atoms with Crippen molar-refractivity contribution < 1.29 is 29.1 Å². The van der Waals surface area contributed by atoms with Crippen LogP contribution in [0.2, 0.25) is 0 Å². The number of carbonyl (C=O) groups is 2. The van der Waals surface area contributed by atoms with Crippen molar-refractivity contribution in [2.24, 2.45) is 0 Å². The van der Waals surface area contributed by atoms with Crippen molar-refractivity contribution >= 4 is 23.4 Å². The van der Waals surface area contributed by atoms with Crippen molar-refractivity contribution in [3.63, 3.8) is 0 Å². The molecule has 0 amide bonds. The first-order valence-electron chi connectivity index (χ1n) is 6.11. The summed E-state index contributed by atoms with van der Waals surface area (Å²) in [5.74, 6) is -5.30. The van der Waals surface area contributed by atoms with Crippen molar-refractivity contribution in [1.82, 2.24) is 4.98 Å². The number of rotatable bonds is 4. The van der Waals surface area contributed by atoms with Gasteiger partial charge >= 0.3 is 17.6 Å². The minimum Gasteiger partial charge on any atom is -0.478 e. The summed E-state index contributed by atoms with van der Waals surface area (Å²) in [6.07, 6.45) is 0. The highest BCUT2D eigenvalue weighted by molar-refractivity contribution is 6.07. The number of pyridine rings is 1. The fourth-order valence-electron chi connectivity index (χ4n) is 2.14. The molecule has 0 atom stereocenters. The molecule has 0 saturated heterocycles. The summed E-state index contributed by atoms with van der Waals surface area (Å²) in [5.41, 5.74) is 0.445. The number of anilines is 1. The highest BCUT2D eigenvalue weighted by Gasteiger charge is 2.28. The third kappa shape index (κ3) is 2.65. The topological polar surface area (TPSA) is 177 Å². The average molecular weight is 337 g/mol. The summed E-state index contributed by atoms with van der Waals surface area (Å²) >= 11 is 0. The standard InChI is InChI=1S/C13H8FN3O7/c14-5-2-1-4(3-6(5)17(23)24)7-8(12(19)20)10(15)16-11(18)9(7)13(21)22/h1-3H,(H,19,20)(H,21,22)(H3,15,16,18). The van der Waals surface area contributed by atoms with Crippen LogP contribution in [0.1, 0.15) is 20.7 Å². The van der Waals surface area contributed by atoms with Crippen LogP contribution in [0, 0.1) is 15.9 Å². The number of carboxylic acids is 2. The van der Waals surface area contributed by atoms with Crippen molar-refractivity contribution in [2.75, 3.05) is 5.73 Å². The van der Waals surface area contributed by atoms with Gasteiger partial charge in [-0.2, -0.15) is 4.39 Å². The summed E-state index contributed by atoms with van der Waals surface area (Å²) in [7, 11) is 0.